The predicted octanol–water partition coefficient (Wildman–Crippen LogP) is 3.87. The first-order chi connectivity index (χ1) is 10.1. The van der Waals surface area contributed by atoms with Gasteiger partial charge in [0.1, 0.15) is 17.4 Å². The Kier molecular flexibility index (Phi) is 5.28. The second-order valence-corrected chi connectivity index (χ2v) is 4.83. The van der Waals surface area contributed by atoms with E-state index in [4.69, 9.17) is 4.74 Å². The van der Waals surface area contributed by atoms with E-state index < -0.39 is 0 Å². The lowest BCUT2D eigenvalue weighted by Crippen LogP contribution is -2.24. The fraction of sp³-hybridized carbons (Fsp3) is 0.294. The maximum Gasteiger partial charge on any atom is 0.131 e. The van der Waals surface area contributed by atoms with E-state index in [1.54, 1.807) is 18.2 Å². The Morgan fingerprint density at radius 1 is 1.14 bits per heavy atom. The largest absolute Gasteiger partial charge is 0.497 e. The molecule has 2 aromatic carbocycles. The van der Waals surface area contributed by atoms with Gasteiger partial charge in [-0.15, -0.1) is 0 Å². The van der Waals surface area contributed by atoms with Gasteiger partial charge in [0.2, 0.25) is 0 Å². The van der Waals surface area contributed by atoms with Crippen LogP contribution in [0, 0.1) is 11.6 Å². The van der Waals surface area contributed by atoms with Gasteiger partial charge in [0, 0.05) is 17.7 Å². The summed E-state index contributed by atoms with van der Waals surface area (Å²) in [5.74, 6) is -0.119. The van der Waals surface area contributed by atoms with Crippen molar-refractivity contribution in [1.29, 1.82) is 0 Å². The van der Waals surface area contributed by atoms with Crippen LogP contribution in [0.15, 0.2) is 42.5 Å². The maximum atomic E-state index is 14.2. The van der Waals surface area contributed by atoms with E-state index in [-0.39, 0.29) is 17.7 Å². The van der Waals surface area contributed by atoms with Crippen LogP contribution < -0.4 is 10.1 Å². The van der Waals surface area contributed by atoms with Crippen LogP contribution in [0.4, 0.5) is 8.78 Å². The Labute approximate surface area is 123 Å². The van der Waals surface area contributed by atoms with E-state index in [0.29, 0.717) is 24.3 Å². The minimum Gasteiger partial charge on any atom is -0.497 e. The molecule has 0 bridgehead atoms. The number of benzene rings is 2. The number of ether oxygens (including phenoxy) is 1. The predicted molar refractivity (Wildman–Crippen MR) is 79.5 cm³/mol. The molecule has 21 heavy (non-hydrogen) atoms. The minimum absolute atomic E-state index is 0.206. The fourth-order valence-electron chi connectivity index (χ4n) is 2.36. The molecule has 1 unspecified atom stereocenters. The van der Waals surface area contributed by atoms with Crippen molar-refractivity contribution < 1.29 is 13.5 Å². The zero-order chi connectivity index (χ0) is 15.2. The van der Waals surface area contributed by atoms with Gasteiger partial charge in [-0.1, -0.05) is 25.1 Å². The number of nitrogens with one attached hydrogen (secondary N) is 1. The average Bonchev–Trinajstić information content (AvgIpc) is 2.47. The normalized spacial score (nSPS) is 12.2. The Hall–Kier alpha value is -1.94. The lowest BCUT2D eigenvalue weighted by molar-refractivity contribution is 0.409. The molecule has 112 valence electrons. The van der Waals surface area contributed by atoms with Gasteiger partial charge < -0.3 is 10.1 Å². The van der Waals surface area contributed by atoms with Crippen molar-refractivity contribution in [3.05, 3.63) is 65.2 Å². The van der Waals surface area contributed by atoms with Crippen LogP contribution in [0.5, 0.6) is 5.75 Å². The van der Waals surface area contributed by atoms with Crippen molar-refractivity contribution in [3.63, 3.8) is 0 Å². The summed E-state index contributed by atoms with van der Waals surface area (Å²) in [6.07, 6.45) is 0.523. The van der Waals surface area contributed by atoms with Crippen molar-refractivity contribution in [1.82, 2.24) is 5.32 Å². The van der Waals surface area contributed by atoms with Crippen LogP contribution in [-0.4, -0.2) is 13.7 Å². The van der Waals surface area contributed by atoms with Crippen LogP contribution >= 0.6 is 0 Å². The summed E-state index contributed by atoms with van der Waals surface area (Å²) in [6.45, 7) is 2.66. The lowest BCUT2D eigenvalue weighted by Gasteiger charge is -2.19. The number of methoxy groups -OCH3 is 1. The molecule has 0 aliphatic carbocycles. The first-order valence-electron chi connectivity index (χ1n) is 6.95. The van der Waals surface area contributed by atoms with Gasteiger partial charge in [-0.3, -0.25) is 0 Å². The number of hydrogen-bond acceptors (Lipinski definition) is 2. The summed E-state index contributed by atoms with van der Waals surface area (Å²) in [7, 11) is 1.50. The van der Waals surface area contributed by atoms with Gasteiger partial charge in [-0.05, 0) is 36.7 Å². The summed E-state index contributed by atoms with van der Waals surface area (Å²) in [5.41, 5.74) is 1.39. The third kappa shape index (κ3) is 4.02. The number of halogens is 2. The molecule has 2 nitrogen and oxygen atoms in total. The van der Waals surface area contributed by atoms with Crippen molar-refractivity contribution in [2.75, 3.05) is 13.7 Å². The van der Waals surface area contributed by atoms with Crippen LogP contribution in [0.3, 0.4) is 0 Å². The van der Waals surface area contributed by atoms with Crippen molar-refractivity contribution in [3.8, 4) is 5.75 Å². The molecular weight excluding hydrogens is 272 g/mol. The molecule has 0 aliphatic heterocycles. The zero-order valence-electron chi connectivity index (χ0n) is 12.2. The molecule has 1 atom stereocenters. The highest BCUT2D eigenvalue weighted by Gasteiger charge is 2.16. The van der Waals surface area contributed by atoms with Crippen molar-refractivity contribution in [2.24, 2.45) is 0 Å². The lowest BCUT2D eigenvalue weighted by atomic mass is 9.98. The molecule has 2 aromatic rings. The summed E-state index contributed by atoms with van der Waals surface area (Å²) in [4.78, 5) is 0. The quantitative estimate of drug-likeness (QED) is 0.872. The van der Waals surface area contributed by atoms with E-state index in [2.05, 4.69) is 5.32 Å². The molecule has 0 aromatic heterocycles. The van der Waals surface area contributed by atoms with E-state index in [1.807, 2.05) is 13.0 Å². The SMILES string of the molecule is CCNC(Cc1cccc(F)c1)c1ccc(OC)cc1F. The van der Waals surface area contributed by atoms with Crippen LogP contribution in [-0.2, 0) is 6.42 Å². The second kappa shape index (κ2) is 7.18. The highest BCUT2D eigenvalue weighted by atomic mass is 19.1. The van der Waals surface area contributed by atoms with Gasteiger partial charge in [0.25, 0.3) is 0 Å². The monoisotopic (exact) mass is 291 g/mol. The average molecular weight is 291 g/mol. The van der Waals surface area contributed by atoms with E-state index in [1.165, 1.54) is 25.3 Å². The fourth-order valence-corrected chi connectivity index (χ4v) is 2.36. The first-order valence-corrected chi connectivity index (χ1v) is 6.95. The third-order valence-electron chi connectivity index (χ3n) is 3.36. The summed E-state index contributed by atoms with van der Waals surface area (Å²) < 4.78 is 32.5. The standard InChI is InChI=1S/C17H19F2NO/c1-3-20-17(10-12-5-4-6-13(18)9-12)15-8-7-14(21-2)11-16(15)19/h4-9,11,17,20H,3,10H2,1-2H3. The smallest absolute Gasteiger partial charge is 0.131 e. The van der Waals surface area contributed by atoms with Crippen LogP contribution in [0.2, 0.25) is 0 Å². The number of rotatable bonds is 6. The van der Waals surface area contributed by atoms with Gasteiger partial charge in [0.05, 0.1) is 7.11 Å². The Bertz CT molecular complexity index is 601. The van der Waals surface area contributed by atoms with Gasteiger partial charge in [0.15, 0.2) is 0 Å². The van der Waals surface area contributed by atoms with E-state index >= 15 is 0 Å². The molecule has 0 fully saturated rings. The first kappa shape index (κ1) is 15.4. The zero-order valence-corrected chi connectivity index (χ0v) is 12.2. The molecular formula is C17H19F2NO. The van der Waals surface area contributed by atoms with Gasteiger partial charge in [-0.25, -0.2) is 8.78 Å². The van der Waals surface area contributed by atoms with Crippen LogP contribution in [0.25, 0.3) is 0 Å². The Balaban J connectivity index is 2.26. The Morgan fingerprint density at radius 3 is 2.57 bits per heavy atom. The minimum atomic E-state index is -0.322. The molecule has 4 heteroatoms. The molecule has 0 saturated carbocycles. The highest BCUT2D eigenvalue weighted by molar-refractivity contribution is 5.32. The van der Waals surface area contributed by atoms with Gasteiger partial charge >= 0.3 is 0 Å². The molecule has 0 spiro atoms. The van der Waals surface area contributed by atoms with Crippen LogP contribution in [0.1, 0.15) is 24.1 Å². The van der Waals surface area contributed by atoms with Crippen molar-refractivity contribution in [2.45, 2.75) is 19.4 Å². The van der Waals surface area contributed by atoms with Gasteiger partial charge in [-0.2, -0.15) is 0 Å². The molecule has 1 N–H and O–H groups in total. The number of hydrogen-bond donors (Lipinski definition) is 1. The topological polar surface area (TPSA) is 21.3 Å². The maximum absolute atomic E-state index is 14.2. The molecule has 2 rings (SSSR count). The third-order valence-corrected chi connectivity index (χ3v) is 3.36. The Morgan fingerprint density at radius 2 is 1.95 bits per heavy atom. The molecule has 0 radical (unpaired) electrons. The second-order valence-electron chi connectivity index (χ2n) is 4.83. The van der Waals surface area contributed by atoms with E-state index in [0.717, 1.165) is 5.56 Å². The van der Waals surface area contributed by atoms with Crippen molar-refractivity contribution >= 4 is 0 Å². The molecule has 0 saturated heterocycles. The molecule has 0 aliphatic rings. The summed E-state index contributed by atoms with van der Waals surface area (Å²) in [6, 6.07) is 11.0. The molecule has 0 heterocycles. The summed E-state index contributed by atoms with van der Waals surface area (Å²) in [5, 5.41) is 3.24. The number of likely N-dealkylation sites (N-methyl/N-ethyl adjacent to an activating group) is 1. The van der Waals surface area contributed by atoms with E-state index in [9.17, 15) is 8.78 Å². The summed E-state index contributed by atoms with van der Waals surface area (Å²) >= 11 is 0. The highest BCUT2D eigenvalue weighted by Crippen LogP contribution is 2.25. The molecule has 0 amide bonds.